The molecule has 0 aliphatic carbocycles. The van der Waals surface area contributed by atoms with Crippen LogP contribution in [0, 0.1) is 6.92 Å². The van der Waals surface area contributed by atoms with Gasteiger partial charge in [0.2, 0.25) is 4.96 Å². The van der Waals surface area contributed by atoms with E-state index >= 15 is 0 Å². The van der Waals surface area contributed by atoms with Gasteiger partial charge in [0, 0.05) is 17.8 Å². The lowest BCUT2D eigenvalue weighted by Gasteiger charge is -2.36. The number of nitrogens with zero attached hydrogens (tertiary/aromatic N) is 4. The molecule has 6 heteroatoms. The first-order chi connectivity index (χ1) is 11.1. The Morgan fingerprint density at radius 3 is 3.04 bits per heavy atom. The fourth-order valence-corrected chi connectivity index (χ4v) is 3.98. The Kier molecular flexibility index (Phi) is 3.41. The fourth-order valence-electron chi connectivity index (χ4n) is 3.21. The zero-order valence-corrected chi connectivity index (χ0v) is 14.0. The molecule has 23 heavy (non-hydrogen) atoms. The Morgan fingerprint density at radius 1 is 1.35 bits per heavy atom. The molecule has 0 fully saturated rings. The van der Waals surface area contributed by atoms with Crippen LogP contribution in [0.3, 0.4) is 0 Å². The third-order valence-electron chi connectivity index (χ3n) is 4.40. The topological polar surface area (TPSA) is 50.5 Å². The zero-order valence-electron chi connectivity index (χ0n) is 13.2. The van der Waals surface area contributed by atoms with Crippen molar-refractivity contribution in [2.24, 2.45) is 0 Å². The number of hydrogen-bond donors (Lipinski definition) is 0. The Balaban J connectivity index is 1.74. The minimum atomic E-state index is -0.104. The lowest BCUT2D eigenvalue weighted by atomic mass is 9.96. The largest absolute Gasteiger partial charge is 0.363 e. The van der Waals surface area contributed by atoms with E-state index in [4.69, 9.17) is 0 Å². The second-order valence-electron chi connectivity index (χ2n) is 6.05. The van der Waals surface area contributed by atoms with Gasteiger partial charge >= 0.3 is 0 Å². The van der Waals surface area contributed by atoms with Crippen molar-refractivity contribution in [3.05, 3.63) is 57.0 Å². The van der Waals surface area contributed by atoms with Crippen LogP contribution in [0.15, 0.2) is 35.1 Å². The van der Waals surface area contributed by atoms with Crippen LogP contribution in [0.5, 0.6) is 0 Å². The van der Waals surface area contributed by atoms with Crippen LogP contribution in [-0.2, 0) is 13.0 Å². The average molecular weight is 326 g/mol. The van der Waals surface area contributed by atoms with Crippen molar-refractivity contribution in [1.82, 2.24) is 14.6 Å². The Bertz CT molecular complexity index is 930. The van der Waals surface area contributed by atoms with Gasteiger partial charge in [-0.3, -0.25) is 4.79 Å². The number of aromatic nitrogens is 3. The Labute approximate surface area is 138 Å². The molecule has 0 saturated carbocycles. The molecule has 2 aromatic heterocycles. The number of benzene rings is 1. The van der Waals surface area contributed by atoms with Crippen molar-refractivity contribution in [2.45, 2.75) is 39.3 Å². The third kappa shape index (κ3) is 2.53. The maximum atomic E-state index is 12.2. The van der Waals surface area contributed by atoms with Crippen molar-refractivity contribution in [1.29, 1.82) is 0 Å². The molecule has 3 heterocycles. The molecule has 0 bridgehead atoms. The summed E-state index contributed by atoms with van der Waals surface area (Å²) in [5.74, 6) is 0. The number of anilines is 1. The first-order valence-electron chi connectivity index (χ1n) is 7.83. The standard InChI is InChI=1S/C17H18N4OS/c1-11-7-8-13-5-3-4-6-15(13)20(11)10-14-9-16(22)21-17(18-14)23-12(2)19-21/h3-6,9,11H,7-8,10H2,1-2H3/t11-/m1/s1. The molecule has 3 aromatic rings. The second kappa shape index (κ2) is 5.45. The number of fused-ring (bicyclic) bond motifs is 2. The first kappa shape index (κ1) is 14.4. The predicted octanol–water partition coefficient (Wildman–Crippen LogP) is 2.80. The van der Waals surface area contributed by atoms with E-state index in [1.807, 2.05) is 6.92 Å². The van der Waals surface area contributed by atoms with E-state index in [-0.39, 0.29) is 5.56 Å². The lowest BCUT2D eigenvalue weighted by Crippen LogP contribution is -2.37. The van der Waals surface area contributed by atoms with Crippen LogP contribution in [-0.4, -0.2) is 20.6 Å². The van der Waals surface area contributed by atoms with Crippen molar-refractivity contribution < 1.29 is 0 Å². The normalized spacial score (nSPS) is 17.5. The van der Waals surface area contributed by atoms with E-state index in [1.54, 1.807) is 6.07 Å². The van der Waals surface area contributed by atoms with Gasteiger partial charge in [0.15, 0.2) is 0 Å². The SMILES string of the molecule is Cc1nn2c(=O)cc(CN3c4ccccc4CC[C@H]3C)nc2s1. The van der Waals surface area contributed by atoms with Crippen LogP contribution in [0.2, 0.25) is 0 Å². The summed E-state index contributed by atoms with van der Waals surface area (Å²) in [6.45, 7) is 4.78. The van der Waals surface area contributed by atoms with Crippen molar-refractivity contribution in [2.75, 3.05) is 4.90 Å². The summed E-state index contributed by atoms with van der Waals surface area (Å²) < 4.78 is 1.39. The molecule has 0 saturated heterocycles. The van der Waals surface area contributed by atoms with Crippen molar-refractivity contribution >= 4 is 22.0 Å². The predicted molar refractivity (Wildman–Crippen MR) is 92.3 cm³/mol. The summed E-state index contributed by atoms with van der Waals surface area (Å²) in [6, 6.07) is 10.6. The van der Waals surface area contributed by atoms with Gasteiger partial charge in [-0.15, -0.1) is 0 Å². The average Bonchev–Trinajstić information content (AvgIpc) is 2.91. The monoisotopic (exact) mass is 326 g/mol. The number of para-hydroxylation sites is 1. The van der Waals surface area contributed by atoms with E-state index in [9.17, 15) is 4.79 Å². The van der Waals surface area contributed by atoms with Gasteiger partial charge in [0.05, 0.1) is 12.2 Å². The zero-order chi connectivity index (χ0) is 16.0. The molecule has 1 aromatic carbocycles. The van der Waals surface area contributed by atoms with Crippen LogP contribution in [0.25, 0.3) is 4.96 Å². The molecule has 1 atom stereocenters. The van der Waals surface area contributed by atoms with Crippen molar-refractivity contribution in [3.8, 4) is 0 Å². The number of hydrogen-bond acceptors (Lipinski definition) is 5. The van der Waals surface area contributed by atoms with E-state index in [0.717, 1.165) is 23.5 Å². The molecule has 0 unspecified atom stereocenters. The Morgan fingerprint density at radius 2 is 2.17 bits per heavy atom. The van der Waals surface area contributed by atoms with E-state index in [2.05, 4.69) is 46.2 Å². The molecule has 1 aliphatic heterocycles. The van der Waals surface area contributed by atoms with Crippen LogP contribution < -0.4 is 10.5 Å². The summed E-state index contributed by atoms with van der Waals surface area (Å²) in [7, 11) is 0. The van der Waals surface area contributed by atoms with Gasteiger partial charge < -0.3 is 4.90 Å². The highest BCUT2D eigenvalue weighted by atomic mass is 32.1. The molecule has 0 N–H and O–H groups in total. The van der Waals surface area contributed by atoms with Gasteiger partial charge in [-0.2, -0.15) is 9.61 Å². The summed E-state index contributed by atoms with van der Waals surface area (Å²) in [5, 5.41) is 5.05. The van der Waals surface area contributed by atoms with Gasteiger partial charge in [0.25, 0.3) is 5.56 Å². The number of rotatable bonds is 2. The van der Waals surface area contributed by atoms with Gasteiger partial charge in [-0.25, -0.2) is 4.98 Å². The first-order valence-corrected chi connectivity index (χ1v) is 8.64. The summed E-state index contributed by atoms with van der Waals surface area (Å²) in [5.41, 5.74) is 3.33. The van der Waals surface area contributed by atoms with Crippen molar-refractivity contribution in [3.63, 3.8) is 0 Å². The second-order valence-corrected chi connectivity index (χ2v) is 7.21. The van der Waals surface area contributed by atoms with Crippen LogP contribution in [0.4, 0.5) is 5.69 Å². The van der Waals surface area contributed by atoms with Gasteiger partial charge in [0.1, 0.15) is 5.01 Å². The van der Waals surface area contributed by atoms with Gasteiger partial charge in [-0.05, 0) is 38.3 Å². The Hall–Kier alpha value is -2.21. The summed E-state index contributed by atoms with van der Waals surface area (Å²) in [4.78, 5) is 19.9. The maximum Gasteiger partial charge on any atom is 0.275 e. The molecule has 0 spiro atoms. The minimum absolute atomic E-state index is 0.104. The number of aryl methyl sites for hydroxylation is 2. The fraction of sp³-hybridized carbons (Fsp3) is 0.353. The van der Waals surface area contributed by atoms with E-state index in [1.165, 1.54) is 27.1 Å². The third-order valence-corrected chi connectivity index (χ3v) is 5.22. The smallest absolute Gasteiger partial charge is 0.275 e. The molecule has 1 aliphatic rings. The maximum absolute atomic E-state index is 12.2. The molecule has 5 nitrogen and oxygen atoms in total. The molecule has 118 valence electrons. The highest BCUT2D eigenvalue weighted by Crippen LogP contribution is 2.31. The minimum Gasteiger partial charge on any atom is -0.363 e. The van der Waals surface area contributed by atoms with Crippen LogP contribution >= 0.6 is 11.3 Å². The van der Waals surface area contributed by atoms with Crippen LogP contribution in [0.1, 0.15) is 29.6 Å². The molecule has 0 radical (unpaired) electrons. The quantitative estimate of drug-likeness (QED) is 0.727. The summed E-state index contributed by atoms with van der Waals surface area (Å²) >= 11 is 1.45. The highest BCUT2D eigenvalue weighted by Gasteiger charge is 2.23. The molecule has 4 rings (SSSR count). The highest BCUT2D eigenvalue weighted by molar-refractivity contribution is 7.16. The molecule has 0 amide bonds. The lowest BCUT2D eigenvalue weighted by molar-refractivity contribution is 0.556. The van der Waals surface area contributed by atoms with E-state index < -0.39 is 0 Å². The van der Waals surface area contributed by atoms with E-state index in [0.29, 0.717) is 17.5 Å². The molecular weight excluding hydrogens is 308 g/mol. The summed E-state index contributed by atoms with van der Waals surface area (Å²) in [6.07, 6.45) is 2.23. The molecular formula is C17H18N4OS. The van der Waals surface area contributed by atoms with Gasteiger partial charge in [-0.1, -0.05) is 29.5 Å².